The standard InChI is InChI=1S/C15H15N3O2S/c1-15(2)10-5-3-4-6-11(10)18(13(15)20)9-12(19)17-14-16-7-8-21-14/h3-8H,9H2,1-2H3,(H,16,17,19). The number of thiazole rings is 1. The van der Waals surface area contributed by atoms with Gasteiger partial charge in [0, 0.05) is 17.3 Å². The third kappa shape index (κ3) is 2.31. The van der Waals surface area contributed by atoms with E-state index in [1.165, 1.54) is 16.2 Å². The second-order valence-electron chi connectivity index (χ2n) is 5.42. The highest BCUT2D eigenvalue weighted by molar-refractivity contribution is 7.13. The van der Waals surface area contributed by atoms with Crippen LogP contribution in [0.15, 0.2) is 35.8 Å². The number of fused-ring (bicyclic) bond motifs is 1. The Morgan fingerprint density at radius 3 is 2.86 bits per heavy atom. The number of para-hydroxylation sites is 1. The number of benzene rings is 1. The molecule has 0 bridgehead atoms. The smallest absolute Gasteiger partial charge is 0.246 e. The van der Waals surface area contributed by atoms with E-state index in [0.29, 0.717) is 5.13 Å². The van der Waals surface area contributed by atoms with E-state index in [0.717, 1.165) is 11.3 Å². The zero-order valence-electron chi connectivity index (χ0n) is 11.8. The first kappa shape index (κ1) is 13.8. The minimum atomic E-state index is -0.599. The lowest BCUT2D eigenvalue weighted by Crippen LogP contribution is -2.40. The molecule has 6 heteroatoms. The normalized spacial score (nSPS) is 15.9. The van der Waals surface area contributed by atoms with Gasteiger partial charge < -0.3 is 10.2 Å². The van der Waals surface area contributed by atoms with Crippen molar-refractivity contribution in [3.8, 4) is 0 Å². The lowest BCUT2D eigenvalue weighted by Gasteiger charge is -2.19. The van der Waals surface area contributed by atoms with Crippen molar-refractivity contribution in [2.75, 3.05) is 16.8 Å². The van der Waals surface area contributed by atoms with Crippen LogP contribution in [0.5, 0.6) is 0 Å². The van der Waals surface area contributed by atoms with Gasteiger partial charge in [0.2, 0.25) is 11.8 Å². The van der Waals surface area contributed by atoms with Gasteiger partial charge in [-0.2, -0.15) is 0 Å². The van der Waals surface area contributed by atoms with Gasteiger partial charge >= 0.3 is 0 Å². The van der Waals surface area contributed by atoms with Crippen molar-refractivity contribution < 1.29 is 9.59 Å². The highest BCUT2D eigenvalue weighted by Gasteiger charge is 2.44. The number of carbonyl (C=O) groups is 2. The SMILES string of the molecule is CC1(C)C(=O)N(CC(=O)Nc2nccs2)c2ccccc21. The molecule has 1 aromatic heterocycles. The summed E-state index contributed by atoms with van der Waals surface area (Å²) in [6.07, 6.45) is 1.62. The van der Waals surface area contributed by atoms with Crippen molar-refractivity contribution >= 4 is 34.0 Å². The molecule has 21 heavy (non-hydrogen) atoms. The molecule has 2 aromatic rings. The molecule has 2 amide bonds. The molecule has 0 saturated carbocycles. The molecule has 1 aliphatic rings. The van der Waals surface area contributed by atoms with Crippen LogP contribution in [0, 0.1) is 0 Å². The Morgan fingerprint density at radius 2 is 2.14 bits per heavy atom. The molecule has 1 aromatic carbocycles. The van der Waals surface area contributed by atoms with Gasteiger partial charge in [-0.25, -0.2) is 4.98 Å². The Bertz CT molecular complexity index is 695. The Balaban J connectivity index is 1.83. The van der Waals surface area contributed by atoms with E-state index in [1.54, 1.807) is 11.6 Å². The van der Waals surface area contributed by atoms with E-state index in [9.17, 15) is 9.59 Å². The lowest BCUT2D eigenvalue weighted by atomic mass is 9.86. The Morgan fingerprint density at radius 1 is 1.38 bits per heavy atom. The summed E-state index contributed by atoms with van der Waals surface area (Å²) in [6.45, 7) is 3.76. The van der Waals surface area contributed by atoms with Crippen molar-refractivity contribution in [2.45, 2.75) is 19.3 Å². The maximum atomic E-state index is 12.6. The minimum absolute atomic E-state index is 0.00113. The van der Waals surface area contributed by atoms with Gasteiger partial charge in [-0.1, -0.05) is 18.2 Å². The molecule has 0 fully saturated rings. The quantitative estimate of drug-likeness (QED) is 0.947. The van der Waals surface area contributed by atoms with Crippen molar-refractivity contribution in [2.24, 2.45) is 0 Å². The van der Waals surface area contributed by atoms with Gasteiger partial charge in [0.1, 0.15) is 6.54 Å². The number of anilines is 2. The molecule has 0 unspecified atom stereocenters. The molecule has 108 valence electrons. The average molecular weight is 301 g/mol. The molecule has 0 spiro atoms. The van der Waals surface area contributed by atoms with Crippen LogP contribution in [0.4, 0.5) is 10.8 Å². The minimum Gasteiger partial charge on any atom is -0.302 e. The van der Waals surface area contributed by atoms with Crippen LogP contribution in [0.25, 0.3) is 0 Å². The zero-order chi connectivity index (χ0) is 15.0. The summed E-state index contributed by atoms with van der Waals surface area (Å²) in [6, 6.07) is 7.59. The number of hydrogen-bond donors (Lipinski definition) is 1. The molecule has 1 N–H and O–H groups in total. The monoisotopic (exact) mass is 301 g/mol. The third-order valence-corrected chi connectivity index (χ3v) is 4.32. The van der Waals surface area contributed by atoms with Crippen LogP contribution in [0.2, 0.25) is 0 Å². The molecule has 1 aliphatic heterocycles. The molecule has 0 radical (unpaired) electrons. The number of nitrogens with one attached hydrogen (secondary N) is 1. The molecule has 0 atom stereocenters. The predicted octanol–water partition coefficient (Wildman–Crippen LogP) is 2.41. The van der Waals surface area contributed by atoms with Gasteiger partial charge in [-0.3, -0.25) is 9.59 Å². The first-order valence-corrected chi connectivity index (χ1v) is 7.49. The summed E-state index contributed by atoms with van der Waals surface area (Å²) in [5, 5.41) is 5.03. The Labute approximate surface area is 126 Å². The number of rotatable bonds is 3. The third-order valence-electron chi connectivity index (χ3n) is 3.63. The molecule has 0 aliphatic carbocycles. The van der Waals surface area contributed by atoms with Crippen LogP contribution < -0.4 is 10.2 Å². The molecular formula is C15H15N3O2S. The van der Waals surface area contributed by atoms with E-state index >= 15 is 0 Å². The summed E-state index contributed by atoms with van der Waals surface area (Å²) in [5.41, 5.74) is 1.16. The lowest BCUT2D eigenvalue weighted by molar-refractivity contribution is -0.124. The zero-order valence-corrected chi connectivity index (χ0v) is 12.6. The highest BCUT2D eigenvalue weighted by Crippen LogP contribution is 2.40. The van der Waals surface area contributed by atoms with Crippen LogP contribution in [0.3, 0.4) is 0 Å². The van der Waals surface area contributed by atoms with Crippen LogP contribution >= 0.6 is 11.3 Å². The van der Waals surface area contributed by atoms with Crippen molar-refractivity contribution in [3.63, 3.8) is 0 Å². The van der Waals surface area contributed by atoms with Gasteiger partial charge in [0.05, 0.1) is 5.41 Å². The second-order valence-corrected chi connectivity index (χ2v) is 6.31. The van der Waals surface area contributed by atoms with Crippen LogP contribution in [-0.2, 0) is 15.0 Å². The summed E-state index contributed by atoms with van der Waals surface area (Å²) >= 11 is 1.35. The summed E-state index contributed by atoms with van der Waals surface area (Å²) < 4.78 is 0. The first-order chi connectivity index (χ1) is 10.00. The maximum Gasteiger partial charge on any atom is 0.246 e. The van der Waals surface area contributed by atoms with Crippen molar-refractivity contribution in [1.29, 1.82) is 0 Å². The van der Waals surface area contributed by atoms with Gasteiger partial charge in [-0.15, -0.1) is 11.3 Å². The van der Waals surface area contributed by atoms with Crippen LogP contribution in [0.1, 0.15) is 19.4 Å². The summed E-state index contributed by atoms with van der Waals surface area (Å²) in [7, 11) is 0. The molecule has 0 saturated heterocycles. The van der Waals surface area contributed by atoms with Crippen molar-refractivity contribution in [3.05, 3.63) is 41.4 Å². The van der Waals surface area contributed by atoms with Gasteiger partial charge in [-0.05, 0) is 25.5 Å². The number of amides is 2. The van der Waals surface area contributed by atoms with Gasteiger partial charge in [0.15, 0.2) is 5.13 Å². The fraction of sp³-hybridized carbons (Fsp3) is 0.267. The fourth-order valence-corrected chi connectivity index (χ4v) is 3.09. The summed E-state index contributed by atoms with van der Waals surface area (Å²) in [4.78, 5) is 30.2. The van der Waals surface area contributed by atoms with Gasteiger partial charge in [0.25, 0.3) is 0 Å². The average Bonchev–Trinajstić information content (AvgIpc) is 3.02. The molecular weight excluding hydrogens is 286 g/mol. The fourth-order valence-electron chi connectivity index (χ4n) is 2.54. The maximum absolute atomic E-state index is 12.6. The number of nitrogens with zero attached hydrogens (tertiary/aromatic N) is 2. The molecule has 5 nitrogen and oxygen atoms in total. The predicted molar refractivity (Wildman–Crippen MR) is 82.6 cm³/mol. The van der Waals surface area contributed by atoms with E-state index in [1.807, 2.05) is 38.1 Å². The van der Waals surface area contributed by atoms with Crippen LogP contribution in [-0.4, -0.2) is 23.3 Å². The number of aromatic nitrogens is 1. The van der Waals surface area contributed by atoms with E-state index in [-0.39, 0.29) is 18.4 Å². The van der Waals surface area contributed by atoms with Crippen molar-refractivity contribution in [1.82, 2.24) is 4.98 Å². The molecule has 2 heterocycles. The Hall–Kier alpha value is -2.21. The first-order valence-electron chi connectivity index (χ1n) is 6.61. The number of hydrogen-bond acceptors (Lipinski definition) is 4. The number of carbonyl (C=O) groups excluding carboxylic acids is 2. The van der Waals surface area contributed by atoms with E-state index in [2.05, 4.69) is 10.3 Å². The molecule has 3 rings (SSSR count). The van der Waals surface area contributed by atoms with E-state index < -0.39 is 5.41 Å². The highest BCUT2D eigenvalue weighted by atomic mass is 32.1. The van der Waals surface area contributed by atoms with E-state index in [4.69, 9.17) is 0 Å². The Kier molecular flexibility index (Phi) is 3.25. The largest absolute Gasteiger partial charge is 0.302 e. The second kappa shape index (κ2) is 4.96. The summed E-state index contributed by atoms with van der Waals surface area (Å²) in [5.74, 6) is -0.302. The topological polar surface area (TPSA) is 62.3 Å².